The molecule has 0 atom stereocenters. The van der Waals surface area contributed by atoms with Crippen molar-refractivity contribution in [3.05, 3.63) is 59.4 Å². The highest BCUT2D eigenvalue weighted by molar-refractivity contribution is 7.90. The van der Waals surface area contributed by atoms with Crippen molar-refractivity contribution in [3.8, 4) is 0 Å². The van der Waals surface area contributed by atoms with Gasteiger partial charge in [-0.2, -0.15) is 0 Å². The Morgan fingerprint density at radius 2 is 1.75 bits per heavy atom. The molecule has 0 fully saturated rings. The van der Waals surface area contributed by atoms with E-state index in [4.69, 9.17) is 5.73 Å². The molecule has 0 aliphatic heterocycles. The molecule has 0 spiro atoms. The Labute approximate surface area is 116 Å². The van der Waals surface area contributed by atoms with E-state index in [1.165, 1.54) is 36.4 Å². The number of hydrogen-bond donors (Lipinski definition) is 1. The molecule has 0 aliphatic carbocycles. The fourth-order valence-electron chi connectivity index (χ4n) is 1.70. The Morgan fingerprint density at radius 1 is 1.10 bits per heavy atom. The third-order valence-corrected chi connectivity index (χ3v) is 3.90. The van der Waals surface area contributed by atoms with E-state index < -0.39 is 21.4 Å². The van der Waals surface area contributed by atoms with Gasteiger partial charge in [0.15, 0.2) is 15.6 Å². The molecule has 2 rings (SSSR count). The number of anilines is 1. The minimum atomic E-state index is -3.40. The molecule has 6 heteroatoms. The molecule has 0 bridgehead atoms. The highest BCUT2D eigenvalue weighted by Gasteiger charge is 2.14. The summed E-state index contributed by atoms with van der Waals surface area (Å²) in [6, 6.07) is 9.34. The molecular formula is C14H12FNO3S. The van der Waals surface area contributed by atoms with E-state index in [9.17, 15) is 17.6 Å². The normalized spacial score (nSPS) is 11.3. The van der Waals surface area contributed by atoms with Crippen LogP contribution in [0.3, 0.4) is 0 Å². The van der Waals surface area contributed by atoms with Crippen LogP contribution in [0.15, 0.2) is 47.4 Å². The average Bonchev–Trinajstić information content (AvgIpc) is 2.40. The Morgan fingerprint density at radius 3 is 2.35 bits per heavy atom. The van der Waals surface area contributed by atoms with Gasteiger partial charge in [-0.15, -0.1) is 0 Å². The van der Waals surface area contributed by atoms with E-state index >= 15 is 0 Å². The highest BCUT2D eigenvalue weighted by Crippen LogP contribution is 2.18. The number of carbonyl (C=O) groups is 1. The first-order valence-corrected chi connectivity index (χ1v) is 7.58. The van der Waals surface area contributed by atoms with Crippen LogP contribution in [-0.4, -0.2) is 20.5 Å². The van der Waals surface area contributed by atoms with Gasteiger partial charge in [-0.3, -0.25) is 4.79 Å². The molecule has 0 saturated carbocycles. The van der Waals surface area contributed by atoms with Crippen molar-refractivity contribution >= 4 is 21.3 Å². The predicted molar refractivity (Wildman–Crippen MR) is 73.8 cm³/mol. The summed E-state index contributed by atoms with van der Waals surface area (Å²) in [6.07, 6.45) is 1.06. The SMILES string of the molecule is CS(=O)(=O)c1cccc(C(=O)c2ccc(N)c(F)c2)c1. The van der Waals surface area contributed by atoms with Crippen molar-refractivity contribution in [1.82, 2.24) is 0 Å². The second kappa shape index (κ2) is 5.05. The molecule has 20 heavy (non-hydrogen) atoms. The van der Waals surface area contributed by atoms with E-state index in [-0.39, 0.29) is 21.7 Å². The van der Waals surface area contributed by atoms with Crippen LogP contribution < -0.4 is 5.73 Å². The van der Waals surface area contributed by atoms with Crippen LogP contribution in [0.4, 0.5) is 10.1 Å². The quantitative estimate of drug-likeness (QED) is 0.694. The van der Waals surface area contributed by atoms with Crippen LogP contribution in [-0.2, 0) is 9.84 Å². The maximum Gasteiger partial charge on any atom is 0.193 e. The van der Waals surface area contributed by atoms with Crippen molar-refractivity contribution in [1.29, 1.82) is 0 Å². The van der Waals surface area contributed by atoms with Gasteiger partial charge in [-0.05, 0) is 30.3 Å². The molecule has 2 aromatic rings. The number of rotatable bonds is 3. The zero-order valence-corrected chi connectivity index (χ0v) is 11.4. The number of carbonyl (C=O) groups excluding carboxylic acids is 1. The predicted octanol–water partition coefficient (Wildman–Crippen LogP) is 2.04. The maximum atomic E-state index is 13.4. The highest BCUT2D eigenvalue weighted by atomic mass is 32.2. The largest absolute Gasteiger partial charge is 0.396 e. The van der Waals surface area contributed by atoms with Gasteiger partial charge < -0.3 is 5.73 Å². The van der Waals surface area contributed by atoms with E-state index in [1.807, 2.05) is 0 Å². The van der Waals surface area contributed by atoms with Gasteiger partial charge in [0, 0.05) is 17.4 Å². The number of hydrogen-bond acceptors (Lipinski definition) is 4. The van der Waals surface area contributed by atoms with Gasteiger partial charge in [-0.1, -0.05) is 12.1 Å². The second-order valence-electron chi connectivity index (χ2n) is 4.37. The van der Waals surface area contributed by atoms with Gasteiger partial charge in [-0.25, -0.2) is 12.8 Å². The van der Waals surface area contributed by atoms with Crippen LogP contribution in [0.25, 0.3) is 0 Å². The Balaban J connectivity index is 2.46. The van der Waals surface area contributed by atoms with E-state index in [1.54, 1.807) is 0 Å². The monoisotopic (exact) mass is 293 g/mol. The summed E-state index contributed by atoms with van der Waals surface area (Å²) >= 11 is 0. The van der Waals surface area contributed by atoms with Crippen molar-refractivity contribution in [2.75, 3.05) is 12.0 Å². The summed E-state index contributed by atoms with van der Waals surface area (Å²) < 4.78 is 36.3. The van der Waals surface area contributed by atoms with Crippen LogP contribution >= 0.6 is 0 Å². The average molecular weight is 293 g/mol. The maximum absolute atomic E-state index is 13.4. The lowest BCUT2D eigenvalue weighted by atomic mass is 10.0. The number of nitrogens with two attached hydrogens (primary N) is 1. The first-order valence-electron chi connectivity index (χ1n) is 5.69. The number of halogens is 1. The molecule has 0 heterocycles. The first-order chi connectivity index (χ1) is 9.29. The fraction of sp³-hybridized carbons (Fsp3) is 0.0714. The van der Waals surface area contributed by atoms with Crippen molar-refractivity contribution in [2.45, 2.75) is 4.90 Å². The lowest BCUT2D eigenvalue weighted by Crippen LogP contribution is -2.05. The number of ketones is 1. The summed E-state index contributed by atoms with van der Waals surface area (Å²) in [6.45, 7) is 0. The molecule has 0 unspecified atom stereocenters. The van der Waals surface area contributed by atoms with Gasteiger partial charge in [0.05, 0.1) is 10.6 Å². The van der Waals surface area contributed by atoms with E-state index in [0.717, 1.165) is 12.3 Å². The Kier molecular flexibility index (Phi) is 3.59. The Hall–Kier alpha value is -2.21. The summed E-state index contributed by atoms with van der Waals surface area (Å²) in [7, 11) is -3.40. The molecule has 0 radical (unpaired) electrons. The molecule has 0 aliphatic rings. The summed E-state index contributed by atoms with van der Waals surface area (Å²) in [4.78, 5) is 12.2. The zero-order chi connectivity index (χ0) is 14.9. The number of sulfone groups is 1. The third kappa shape index (κ3) is 2.85. The minimum Gasteiger partial charge on any atom is -0.396 e. The van der Waals surface area contributed by atoms with Crippen molar-refractivity contribution in [3.63, 3.8) is 0 Å². The summed E-state index contributed by atoms with van der Waals surface area (Å²) in [5, 5.41) is 0. The molecule has 0 amide bonds. The zero-order valence-electron chi connectivity index (χ0n) is 10.6. The second-order valence-corrected chi connectivity index (χ2v) is 6.38. The third-order valence-electron chi connectivity index (χ3n) is 2.79. The summed E-state index contributed by atoms with van der Waals surface area (Å²) in [5.74, 6) is -1.15. The molecule has 4 nitrogen and oxygen atoms in total. The molecular weight excluding hydrogens is 281 g/mol. The smallest absolute Gasteiger partial charge is 0.193 e. The Bertz CT molecular complexity index is 785. The molecule has 0 aromatic heterocycles. The fourth-order valence-corrected chi connectivity index (χ4v) is 2.37. The lowest BCUT2D eigenvalue weighted by Gasteiger charge is -2.05. The topological polar surface area (TPSA) is 77.2 Å². The number of nitrogen functional groups attached to an aromatic ring is 1. The molecule has 2 aromatic carbocycles. The van der Waals surface area contributed by atoms with Gasteiger partial charge >= 0.3 is 0 Å². The van der Waals surface area contributed by atoms with Gasteiger partial charge in [0.25, 0.3) is 0 Å². The van der Waals surface area contributed by atoms with E-state index in [2.05, 4.69) is 0 Å². The molecule has 2 N–H and O–H groups in total. The van der Waals surface area contributed by atoms with Crippen LogP contribution in [0.1, 0.15) is 15.9 Å². The van der Waals surface area contributed by atoms with Crippen molar-refractivity contribution in [2.24, 2.45) is 0 Å². The van der Waals surface area contributed by atoms with Gasteiger partial charge in [0.1, 0.15) is 5.82 Å². The standard InChI is InChI=1S/C14H12FNO3S/c1-20(18,19)11-4-2-3-9(7-11)14(17)10-5-6-13(16)12(15)8-10/h2-8H,16H2,1H3. The van der Waals surface area contributed by atoms with Crippen LogP contribution in [0.2, 0.25) is 0 Å². The van der Waals surface area contributed by atoms with Crippen LogP contribution in [0, 0.1) is 5.82 Å². The summed E-state index contributed by atoms with van der Waals surface area (Å²) in [5.41, 5.74) is 5.58. The first kappa shape index (κ1) is 14.2. The van der Waals surface area contributed by atoms with Gasteiger partial charge in [0.2, 0.25) is 0 Å². The van der Waals surface area contributed by atoms with Crippen LogP contribution in [0.5, 0.6) is 0 Å². The van der Waals surface area contributed by atoms with E-state index in [0.29, 0.717) is 0 Å². The van der Waals surface area contributed by atoms with Crippen molar-refractivity contribution < 1.29 is 17.6 Å². The minimum absolute atomic E-state index is 0.0410. The number of benzene rings is 2. The molecule has 104 valence electrons. The lowest BCUT2D eigenvalue weighted by molar-refractivity contribution is 0.103. The molecule has 0 saturated heterocycles.